The lowest BCUT2D eigenvalue weighted by atomic mass is 9.96. The maximum absolute atomic E-state index is 13.5. The quantitative estimate of drug-likeness (QED) is 0.0441. The fourth-order valence-electron chi connectivity index (χ4n) is 7.15. The van der Waals surface area contributed by atoms with Crippen molar-refractivity contribution in [3.63, 3.8) is 0 Å². The number of hydrogen-bond acceptors (Lipinski definition) is 23. The first-order valence-corrected chi connectivity index (χ1v) is 20.7. The van der Waals surface area contributed by atoms with Crippen LogP contribution in [0.3, 0.4) is 0 Å². The predicted molar refractivity (Wildman–Crippen MR) is 222 cm³/mol. The largest absolute Gasteiger partial charge is 0.504 e. The molecule has 6 rings (SSSR count). The minimum Gasteiger partial charge on any atom is -0.504 e. The standard InChI is InChI=1S/C44H52O23/c1-19-33(53)35(55)38(58)44(63-19)67-41-39(59)43(60-13-12-22-4-9-25(47)28(50)16-22)65-30(40(41)66-32(52)11-6-21-3-8-24(46)27(49)15-21)18-62-42-37(57)36(56)34(54)29(64-42)17-61-31(51)10-5-20-2-7-23(45)26(48)14-20/h2-11,14-16,19,29-30,33-50,53-59H,12-13,17-18H2,1H3/t19-,29+,30+,33-,34+,35+,36-,37+,38+,39+,40+,41+,42+,43+,44-/m0/s1. The van der Waals surface area contributed by atoms with Crippen molar-refractivity contribution in [1.29, 1.82) is 0 Å². The minimum absolute atomic E-state index is 0.0691. The van der Waals surface area contributed by atoms with Gasteiger partial charge in [0.05, 0.1) is 19.3 Å². The summed E-state index contributed by atoms with van der Waals surface area (Å²) in [6.45, 7) is -0.332. The fourth-order valence-corrected chi connectivity index (χ4v) is 7.15. The number of benzene rings is 3. The molecule has 3 aliphatic heterocycles. The van der Waals surface area contributed by atoms with Gasteiger partial charge in [-0.2, -0.15) is 0 Å². The summed E-state index contributed by atoms with van der Waals surface area (Å²) in [5.74, 6) is -4.64. The summed E-state index contributed by atoms with van der Waals surface area (Å²) < 4.78 is 46.1. The Hall–Kier alpha value is -5.64. The SMILES string of the molecule is C[C@@H]1O[C@@H](O[C@@H]2[C@@H](O)[C@H](OCCc3ccc(O)c(O)c3)O[C@H](CO[C@@H]3O[C@H](COC(=O)C=Cc4ccc(O)c(O)c4)[C@@H](O)[C@H](O)[C@H]3O)[C@H]2OC(=O)C=Cc2ccc(O)c(O)c2)[C@H](O)[C@H](O)[C@H]1O. The highest BCUT2D eigenvalue weighted by Crippen LogP contribution is 2.34. The van der Waals surface area contributed by atoms with Crippen LogP contribution >= 0.6 is 0 Å². The smallest absolute Gasteiger partial charge is 0.331 e. The number of rotatable bonds is 16. The second kappa shape index (κ2) is 22.4. The van der Waals surface area contributed by atoms with Crippen molar-refractivity contribution in [2.45, 2.75) is 105 Å². The zero-order valence-electron chi connectivity index (χ0n) is 35.4. The van der Waals surface area contributed by atoms with Gasteiger partial charge in [0.1, 0.15) is 67.6 Å². The number of esters is 2. The van der Waals surface area contributed by atoms with E-state index in [1.165, 1.54) is 61.5 Å². The van der Waals surface area contributed by atoms with Gasteiger partial charge in [-0.25, -0.2) is 9.59 Å². The van der Waals surface area contributed by atoms with E-state index in [-0.39, 0.29) is 30.1 Å². The van der Waals surface area contributed by atoms with Crippen LogP contribution < -0.4 is 0 Å². The number of aromatic hydroxyl groups is 6. The Morgan fingerprint density at radius 3 is 1.69 bits per heavy atom. The van der Waals surface area contributed by atoms with Crippen molar-refractivity contribution in [3.8, 4) is 34.5 Å². The molecule has 3 saturated heterocycles. The van der Waals surface area contributed by atoms with Crippen LogP contribution in [0.5, 0.6) is 34.5 Å². The molecule has 0 spiro atoms. The molecule has 3 aromatic carbocycles. The molecule has 3 heterocycles. The molecule has 0 aliphatic carbocycles. The summed E-state index contributed by atoms with van der Waals surface area (Å²) in [6, 6.07) is 11.4. The molecule has 23 nitrogen and oxygen atoms in total. The Kier molecular flexibility index (Phi) is 17.0. The highest BCUT2D eigenvalue weighted by Gasteiger charge is 2.53. The average Bonchev–Trinajstić information content (AvgIpc) is 3.30. The monoisotopic (exact) mass is 948 g/mol. The van der Waals surface area contributed by atoms with Crippen LogP contribution in [0, 0.1) is 0 Å². The summed E-state index contributed by atoms with van der Waals surface area (Å²) in [5, 5.41) is 135. The molecule has 3 fully saturated rings. The van der Waals surface area contributed by atoms with E-state index in [0.717, 1.165) is 24.3 Å². The van der Waals surface area contributed by atoms with E-state index in [0.29, 0.717) is 11.1 Å². The summed E-state index contributed by atoms with van der Waals surface area (Å²) in [7, 11) is 0. The van der Waals surface area contributed by atoms with E-state index in [1.807, 2.05) is 0 Å². The molecule has 3 aromatic rings. The number of phenols is 6. The lowest BCUT2D eigenvalue weighted by Gasteiger charge is -2.47. The Morgan fingerprint density at radius 2 is 1.07 bits per heavy atom. The summed E-state index contributed by atoms with van der Waals surface area (Å²) in [5.41, 5.74) is 1.02. The van der Waals surface area contributed by atoms with E-state index >= 15 is 0 Å². The van der Waals surface area contributed by atoms with Crippen LogP contribution in [0.1, 0.15) is 23.6 Å². The van der Waals surface area contributed by atoms with Crippen LogP contribution in [-0.2, 0) is 53.9 Å². The van der Waals surface area contributed by atoms with E-state index in [2.05, 4.69) is 0 Å². The molecule has 0 bridgehead atoms. The van der Waals surface area contributed by atoms with Crippen molar-refractivity contribution in [1.82, 2.24) is 0 Å². The third kappa shape index (κ3) is 12.7. The molecule has 0 saturated carbocycles. The van der Waals surface area contributed by atoms with Crippen LogP contribution in [0.15, 0.2) is 66.7 Å². The third-order valence-corrected chi connectivity index (χ3v) is 11.0. The number of aliphatic hydroxyl groups is 7. The molecule has 0 aromatic heterocycles. The summed E-state index contributed by atoms with van der Waals surface area (Å²) >= 11 is 0. The molecule has 0 unspecified atom stereocenters. The summed E-state index contributed by atoms with van der Waals surface area (Å²) in [4.78, 5) is 26.0. The zero-order chi connectivity index (χ0) is 48.7. The van der Waals surface area contributed by atoms with Crippen molar-refractivity contribution >= 4 is 24.1 Å². The van der Waals surface area contributed by atoms with Gasteiger partial charge < -0.3 is 104 Å². The van der Waals surface area contributed by atoms with Crippen LogP contribution in [0.2, 0.25) is 0 Å². The highest BCUT2D eigenvalue weighted by atomic mass is 16.8. The number of hydrogen-bond donors (Lipinski definition) is 13. The van der Waals surface area contributed by atoms with Crippen LogP contribution in [-0.4, -0.2) is 190 Å². The van der Waals surface area contributed by atoms with E-state index in [9.17, 15) is 76.0 Å². The van der Waals surface area contributed by atoms with Crippen molar-refractivity contribution in [2.24, 2.45) is 0 Å². The third-order valence-electron chi connectivity index (χ3n) is 11.0. The maximum atomic E-state index is 13.5. The fraction of sp³-hybridized carbons (Fsp3) is 0.455. The number of carbonyl (C=O) groups excluding carboxylic acids is 2. The highest BCUT2D eigenvalue weighted by molar-refractivity contribution is 5.88. The molecular formula is C44H52O23. The average molecular weight is 949 g/mol. The van der Waals surface area contributed by atoms with Crippen molar-refractivity contribution in [2.75, 3.05) is 19.8 Å². The van der Waals surface area contributed by atoms with Gasteiger partial charge in [-0.05, 0) is 78.6 Å². The van der Waals surface area contributed by atoms with Crippen molar-refractivity contribution < 1.29 is 114 Å². The second-order valence-electron chi connectivity index (χ2n) is 15.8. The second-order valence-corrected chi connectivity index (χ2v) is 15.8. The first-order valence-electron chi connectivity index (χ1n) is 20.7. The Morgan fingerprint density at radius 1 is 0.537 bits per heavy atom. The summed E-state index contributed by atoms with van der Waals surface area (Å²) in [6.07, 6.45) is -21.7. The molecular weight excluding hydrogens is 896 g/mol. The van der Waals surface area contributed by atoms with Crippen LogP contribution in [0.4, 0.5) is 0 Å². The van der Waals surface area contributed by atoms with E-state index in [4.69, 9.17) is 37.9 Å². The van der Waals surface area contributed by atoms with Crippen molar-refractivity contribution in [3.05, 3.63) is 83.4 Å². The Labute approximate surface area is 380 Å². The molecule has 23 heteroatoms. The number of ether oxygens (including phenoxy) is 8. The normalized spacial score (nSPS) is 32.3. The lowest BCUT2D eigenvalue weighted by Crippen LogP contribution is -2.65. The molecule has 67 heavy (non-hydrogen) atoms. The molecule has 15 atom stereocenters. The van der Waals surface area contributed by atoms with Gasteiger partial charge in [0.25, 0.3) is 0 Å². The maximum Gasteiger partial charge on any atom is 0.331 e. The molecule has 0 amide bonds. The van der Waals surface area contributed by atoms with Gasteiger partial charge in [0, 0.05) is 12.2 Å². The van der Waals surface area contributed by atoms with E-state index in [1.54, 1.807) is 0 Å². The van der Waals surface area contributed by atoms with Gasteiger partial charge in [0.15, 0.2) is 59.5 Å². The topological polar surface area (TPSA) is 371 Å². The molecule has 13 N–H and O–H groups in total. The molecule has 3 aliphatic rings. The van der Waals surface area contributed by atoms with Gasteiger partial charge in [0.2, 0.25) is 0 Å². The lowest BCUT2D eigenvalue weighted by molar-refractivity contribution is -0.364. The number of phenolic OH excluding ortho intramolecular Hbond substituents is 6. The predicted octanol–water partition coefficient (Wildman–Crippen LogP) is -1.52. The molecule has 366 valence electrons. The molecule has 0 radical (unpaired) electrons. The first-order chi connectivity index (χ1) is 31.8. The Bertz CT molecular complexity index is 2220. The number of carbonyl (C=O) groups is 2. The number of aliphatic hydroxyl groups excluding tert-OH is 7. The zero-order valence-corrected chi connectivity index (χ0v) is 35.4. The minimum atomic E-state index is -1.97. The first kappa shape index (κ1) is 50.8. The van der Waals surface area contributed by atoms with E-state index < -0.39 is 140 Å². The van der Waals surface area contributed by atoms with Gasteiger partial charge in [-0.15, -0.1) is 0 Å². The van der Waals surface area contributed by atoms with Gasteiger partial charge >= 0.3 is 11.9 Å². The van der Waals surface area contributed by atoms with Crippen LogP contribution in [0.25, 0.3) is 12.2 Å². The van der Waals surface area contributed by atoms with Gasteiger partial charge in [-0.1, -0.05) is 18.2 Å². The van der Waals surface area contributed by atoms with Gasteiger partial charge in [-0.3, -0.25) is 0 Å². The Balaban J connectivity index is 1.24.